The summed E-state index contributed by atoms with van der Waals surface area (Å²) < 4.78 is 6.86. The number of aliphatic hydroxyl groups is 1. The van der Waals surface area contributed by atoms with Crippen molar-refractivity contribution >= 4 is 23.4 Å². The Labute approximate surface area is 242 Å². The molecule has 3 aliphatic heterocycles. The van der Waals surface area contributed by atoms with Crippen LogP contribution in [0.4, 0.5) is 5.69 Å². The number of fused-ring (bicyclic) bond motifs is 1. The highest BCUT2D eigenvalue weighted by atomic mass is 16.5. The van der Waals surface area contributed by atoms with Crippen molar-refractivity contribution in [3.63, 3.8) is 0 Å². The Morgan fingerprint density at radius 3 is 2.51 bits per heavy atom. The maximum Gasteiger partial charge on any atom is 0.250 e. The topological polar surface area (TPSA) is 108 Å². The summed E-state index contributed by atoms with van der Waals surface area (Å²) in [4.78, 5) is 44.0. The molecule has 5 atom stereocenters. The van der Waals surface area contributed by atoms with E-state index in [2.05, 4.69) is 10.6 Å². The Kier molecular flexibility index (Phi) is 8.52. The van der Waals surface area contributed by atoms with Gasteiger partial charge in [0.05, 0.1) is 17.4 Å². The van der Waals surface area contributed by atoms with Gasteiger partial charge in [-0.15, -0.1) is 0 Å². The lowest BCUT2D eigenvalue weighted by atomic mass is 9.65. The van der Waals surface area contributed by atoms with Crippen molar-refractivity contribution in [1.29, 1.82) is 0 Å². The van der Waals surface area contributed by atoms with Crippen molar-refractivity contribution in [2.45, 2.75) is 89.5 Å². The van der Waals surface area contributed by atoms with Crippen LogP contribution >= 0.6 is 0 Å². The second kappa shape index (κ2) is 11.9. The number of hydrogen-bond acceptors (Lipinski definition) is 5. The first-order valence-corrected chi connectivity index (χ1v) is 15.1. The molecule has 3 N–H and O–H groups in total. The molecule has 5 rings (SSSR count). The third kappa shape index (κ3) is 5.28. The van der Waals surface area contributed by atoms with Crippen LogP contribution in [0.1, 0.15) is 68.6 Å². The molecule has 0 aliphatic carbocycles. The lowest BCUT2D eigenvalue weighted by Gasteiger charge is -2.34. The SMILES string of the molecule is CC[C@]12CCC3(O1)C(C(=O)Nc1cc(C)ccc1C)N(CCCCCCO)C(=O)[C@@H]3[C@H]2C(=O)NCc1ccccc1. The molecule has 8 heteroatoms. The number of amides is 3. The number of aliphatic hydroxyl groups excluding tert-OH is 1. The zero-order chi connectivity index (χ0) is 29.2. The van der Waals surface area contributed by atoms with Crippen LogP contribution in [0.15, 0.2) is 48.5 Å². The van der Waals surface area contributed by atoms with Gasteiger partial charge in [0.1, 0.15) is 11.6 Å². The van der Waals surface area contributed by atoms with Crippen LogP contribution in [-0.4, -0.2) is 58.1 Å². The van der Waals surface area contributed by atoms with Crippen LogP contribution in [0.3, 0.4) is 0 Å². The third-order valence-electron chi connectivity index (χ3n) is 9.48. The van der Waals surface area contributed by atoms with Gasteiger partial charge in [0.25, 0.3) is 0 Å². The van der Waals surface area contributed by atoms with E-state index in [1.807, 2.05) is 69.3 Å². The summed E-state index contributed by atoms with van der Waals surface area (Å²) in [5.41, 5.74) is 1.86. The van der Waals surface area contributed by atoms with Gasteiger partial charge in [0.2, 0.25) is 17.7 Å². The Balaban J connectivity index is 1.45. The molecule has 2 aromatic carbocycles. The summed E-state index contributed by atoms with van der Waals surface area (Å²) in [6.45, 7) is 6.86. The van der Waals surface area contributed by atoms with Crippen molar-refractivity contribution in [3.05, 3.63) is 65.2 Å². The zero-order valence-corrected chi connectivity index (χ0v) is 24.4. The molecule has 3 fully saturated rings. The lowest BCUT2D eigenvalue weighted by Crippen LogP contribution is -2.53. The second-order valence-electron chi connectivity index (χ2n) is 12.0. The molecular formula is C33H43N3O5. The van der Waals surface area contributed by atoms with Crippen LogP contribution in [0.2, 0.25) is 0 Å². The quantitative estimate of drug-likeness (QED) is 0.336. The van der Waals surface area contributed by atoms with Crippen molar-refractivity contribution < 1.29 is 24.2 Å². The van der Waals surface area contributed by atoms with Crippen molar-refractivity contribution in [1.82, 2.24) is 10.2 Å². The fourth-order valence-corrected chi connectivity index (χ4v) is 7.37. The molecule has 3 saturated heterocycles. The van der Waals surface area contributed by atoms with Crippen LogP contribution in [0, 0.1) is 25.7 Å². The highest BCUT2D eigenvalue weighted by Gasteiger charge is 2.78. The minimum absolute atomic E-state index is 0.140. The van der Waals surface area contributed by atoms with Gasteiger partial charge in [-0.1, -0.05) is 62.2 Å². The minimum atomic E-state index is -1.05. The second-order valence-corrected chi connectivity index (χ2v) is 12.0. The highest BCUT2D eigenvalue weighted by molar-refractivity contribution is 6.04. The van der Waals surface area contributed by atoms with E-state index in [9.17, 15) is 14.4 Å². The number of unbranched alkanes of at least 4 members (excludes halogenated alkanes) is 3. The lowest BCUT2D eigenvalue weighted by molar-refractivity contribution is -0.146. The number of carbonyl (C=O) groups excluding carboxylic acids is 3. The molecule has 220 valence electrons. The van der Waals surface area contributed by atoms with Gasteiger partial charge in [-0.3, -0.25) is 14.4 Å². The van der Waals surface area contributed by atoms with E-state index in [1.165, 1.54) is 0 Å². The summed E-state index contributed by atoms with van der Waals surface area (Å²) in [6, 6.07) is 14.8. The van der Waals surface area contributed by atoms with Crippen molar-refractivity contribution in [2.75, 3.05) is 18.5 Å². The molecule has 1 spiro atoms. The first-order chi connectivity index (χ1) is 19.8. The standard InChI is InChI=1S/C33H43N3O5/c1-4-32-16-17-33(41-32)27(26(32)29(38)34-21-24-12-8-7-9-13-24)31(40)36(18-10-5-6-11-19-37)28(33)30(39)35-25-20-22(2)14-15-23(25)3/h7-9,12-15,20,26-28,37H,4-6,10-11,16-19,21H2,1-3H3,(H,34,38)(H,35,39)/t26-,27-,28?,32+,33?/m0/s1. The predicted octanol–water partition coefficient (Wildman–Crippen LogP) is 4.27. The summed E-state index contributed by atoms with van der Waals surface area (Å²) in [5.74, 6) is -1.98. The molecule has 3 heterocycles. The molecule has 0 radical (unpaired) electrons. The van der Waals surface area contributed by atoms with Gasteiger partial charge in [0.15, 0.2) is 0 Å². The maximum atomic E-state index is 14.3. The van der Waals surface area contributed by atoms with Gasteiger partial charge in [-0.2, -0.15) is 0 Å². The van der Waals surface area contributed by atoms with Crippen LogP contribution in [0.5, 0.6) is 0 Å². The molecule has 3 amide bonds. The summed E-state index contributed by atoms with van der Waals surface area (Å²) in [6.07, 6.45) is 4.91. The van der Waals surface area contributed by atoms with E-state index in [0.29, 0.717) is 45.2 Å². The largest absolute Gasteiger partial charge is 0.396 e. The highest BCUT2D eigenvalue weighted by Crippen LogP contribution is 2.64. The summed E-state index contributed by atoms with van der Waals surface area (Å²) >= 11 is 0. The van der Waals surface area contributed by atoms with E-state index < -0.39 is 29.1 Å². The van der Waals surface area contributed by atoms with Crippen molar-refractivity contribution in [3.8, 4) is 0 Å². The Bertz CT molecular complexity index is 1280. The Morgan fingerprint density at radius 2 is 1.78 bits per heavy atom. The minimum Gasteiger partial charge on any atom is -0.396 e. The third-order valence-corrected chi connectivity index (χ3v) is 9.48. The molecule has 3 aliphatic rings. The van der Waals surface area contributed by atoms with Gasteiger partial charge in [-0.25, -0.2) is 0 Å². The van der Waals surface area contributed by atoms with Gasteiger partial charge >= 0.3 is 0 Å². The zero-order valence-electron chi connectivity index (χ0n) is 24.4. The molecule has 2 bridgehead atoms. The van der Waals surface area contributed by atoms with E-state index >= 15 is 0 Å². The number of benzene rings is 2. The molecule has 2 unspecified atom stereocenters. The molecule has 41 heavy (non-hydrogen) atoms. The van der Waals surface area contributed by atoms with E-state index in [1.54, 1.807) is 4.90 Å². The summed E-state index contributed by atoms with van der Waals surface area (Å²) in [5, 5.41) is 15.4. The van der Waals surface area contributed by atoms with Gasteiger partial charge < -0.3 is 25.4 Å². The average molecular weight is 562 g/mol. The fourth-order valence-electron chi connectivity index (χ4n) is 7.37. The molecule has 0 saturated carbocycles. The van der Waals surface area contributed by atoms with E-state index in [-0.39, 0.29) is 24.3 Å². The van der Waals surface area contributed by atoms with Crippen molar-refractivity contribution in [2.24, 2.45) is 11.8 Å². The maximum absolute atomic E-state index is 14.3. The van der Waals surface area contributed by atoms with E-state index in [0.717, 1.165) is 35.2 Å². The van der Waals surface area contributed by atoms with E-state index in [4.69, 9.17) is 9.84 Å². The monoisotopic (exact) mass is 561 g/mol. The predicted molar refractivity (Wildman–Crippen MR) is 157 cm³/mol. The fraction of sp³-hybridized carbons (Fsp3) is 0.545. The molecule has 2 aromatic rings. The molecule has 8 nitrogen and oxygen atoms in total. The average Bonchev–Trinajstić information content (AvgIpc) is 3.57. The van der Waals surface area contributed by atoms with Gasteiger partial charge in [-0.05, 0) is 68.7 Å². The van der Waals surface area contributed by atoms with Crippen LogP contribution in [-0.2, 0) is 25.7 Å². The Morgan fingerprint density at radius 1 is 1.02 bits per heavy atom. The smallest absolute Gasteiger partial charge is 0.250 e. The number of ether oxygens (including phenoxy) is 1. The van der Waals surface area contributed by atoms with Gasteiger partial charge in [0, 0.05) is 25.4 Å². The number of carbonyl (C=O) groups is 3. The van der Waals surface area contributed by atoms with Crippen LogP contribution in [0.25, 0.3) is 0 Å². The first-order valence-electron chi connectivity index (χ1n) is 15.1. The number of likely N-dealkylation sites (tertiary alicyclic amines) is 1. The summed E-state index contributed by atoms with van der Waals surface area (Å²) in [7, 11) is 0. The number of aryl methyl sites for hydroxylation is 2. The number of rotatable bonds is 12. The Hall–Kier alpha value is -3.23. The normalized spacial score (nSPS) is 28.1. The number of nitrogens with zero attached hydrogens (tertiary/aromatic N) is 1. The number of anilines is 1. The van der Waals surface area contributed by atoms with Crippen LogP contribution < -0.4 is 10.6 Å². The molecular weight excluding hydrogens is 518 g/mol. The number of nitrogens with one attached hydrogen (secondary N) is 2. The molecule has 0 aromatic heterocycles. The first kappa shape index (κ1) is 29.3. The number of hydrogen-bond donors (Lipinski definition) is 3.